The van der Waals surface area contributed by atoms with E-state index in [0.29, 0.717) is 14.9 Å². The molecule has 0 aliphatic rings. The van der Waals surface area contributed by atoms with Gasteiger partial charge < -0.3 is 5.11 Å². The highest BCUT2D eigenvalue weighted by atomic mass is 35.5. The van der Waals surface area contributed by atoms with Crippen LogP contribution in [-0.4, -0.2) is 20.1 Å². The molecule has 0 fully saturated rings. The Balaban J connectivity index is 2.29. The number of aliphatic hydroxyl groups is 1. The molecular weight excluding hydrogens is 222 g/mol. The molecule has 0 aliphatic heterocycles. The molecular formula is C8H6ClN3OS. The van der Waals surface area contributed by atoms with Gasteiger partial charge in [0.1, 0.15) is 21.8 Å². The second kappa shape index (κ2) is 4.00. The van der Waals surface area contributed by atoms with Crippen molar-refractivity contribution in [2.24, 2.45) is 0 Å². The van der Waals surface area contributed by atoms with E-state index in [9.17, 15) is 5.11 Å². The van der Waals surface area contributed by atoms with Crippen LogP contribution in [0.3, 0.4) is 0 Å². The number of hydrogen-bond acceptors (Lipinski definition) is 5. The molecule has 2 aromatic rings. The molecule has 0 aliphatic carbocycles. The number of aromatic nitrogens is 3. The van der Waals surface area contributed by atoms with E-state index in [4.69, 9.17) is 11.6 Å². The largest absolute Gasteiger partial charge is 0.381 e. The Morgan fingerprint density at radius 3 is 2.57 bits per heavy atom. The van der Waals surface area contributed by atoms with E-state index >= 15 is 0 Å². The van der Waals surface area contributed by atoms with Crippen molar-refractivity contribution in [3.63, 3.8) is 0 Å². The van der Waals surface area contributed by atoms with Crippen molar-refractivity contribution in [3.8, 4) is 0 Å². The molecule has 0 saturated heterocycles. The molecule has 0 spiro atoms. The first-order valence-corrected chi connectivity index (χ1v) is 5.01. The molecule has 0 bridgehead atoms. The third-order valence-electron chi connectivity index (χ3n) is 1.63. The third kappa shape index (κ3) is 1.89. The van der Waals surface area contributed by atoms with Crippen LogP contribution in [-0.2, 0) is 0 Å². The molecule has 2 rings (SSSR count). The summed E-state index contributed by atoms with van der Waals surface area (Å²) in [5, 5.41) is 10.4. The highest BCUT2D eigenvalue weighted by molar-refractivity contribution is 7.15. The van der Waals surface area contributed by atoms with E-state index < -0.39 is 6.10 Å². The van der Waals surface area contributed by atoms with Gasteiger partial charge in [-0.3, -0.25) is 0 Å². The minimum Gasteiger partial charge on any atom is -0.381 e. The average molecular weight is 228 g/mol. The number of thiazole rings is 1. The normalized spacial score (nSPS) is 12.7. The van der Waals surface area contributed by atoms with Gasteiger partial charge >= 0.3 is 0 Å². The number of nitrogens with zero attached hydrogens (tertiary/aromatic N) is 3. The van der Waals surface area contributed by atoms with Gasteiger partial charge in [-0.25, -0.2) is 15.0 Å². The fraction of sp³-hybridized carbons (Fsp3) is 0.125. The molecule has 1 unspecified atom stereocenters. The molecule has 1 N–H and O–H groups in total. The molecule has 72 valence electrons. The van der Waals surface area contributed by atoms with Crippen molar-refractivity contribution in [2.75, 3.05) is 0 Å². The summed E-state index contributed by atoms with van der Waals surface area (Å²) in [6.07, 6.45) is 5.22. The van der Waals surface area contributed by atoms with Crippen LogP contribution >= 0.6 is 22.9 Å². The van der Waals surface area contributed by atoms with Crippen LogP contribution in [0.15, 0.2) is 24.9 Å². The van der Waals surface area contributed by atoms with Crippen LogP contribution in [0.2, 0.25) is 4.34 Å². The van der Waals surface area contributed by atoms with Crippen LogP contribution in [0.1, 0.15) is 16.7 Å². The Morgan fingerprint density at radius 1 is 1.29 bits per heavy atom. The molecule has 0 amide bonds. The fourth-order valence-corrected chi connectivity index (χ4v) is 1.93. The lowest BCUT2D eigenvalue weighted by Gasteiger charge is -2.04. The van der Waals surface area contributed by atoms with Gasteiger partial charge in [0.15, 0.2) is 0 Å². The zero-order valence-electron chi connectivity index (χ0n) is 6.96. The van der Waals surface area contributed by atoms with Gasteiger partial charge in [-0.15, -0.1) is 11.3 Å². The van der Waals surface area contributed by atoms with Gasteiger partial charge in [-0.05, 0) is 0 Å². The second-order valence-corrected chi connectivity index (χ2v) is 4.27. The lowest BCUT2D eigenvalue weighted by atomic mass is 10.2. The number of halogens is 1. The lowest BCUT2D eigenvalue weighted by molar-refractivity contribution is 0.219. The SMILES string of the molecule is OC(c1cncnc1)c1ncc(Cl)s1. The van der Waals surface area contributed by atoms with Crippen molar-refractivity contribution < 1.29 is 5.11 Å². The molecule has 1 atom stereocenters. The molecule has 4 nitrogen and oxygen atoms in total. The highest BCUT2D eigenvalue weighted by Gasteiger charge is 2.14. The van der Waals surface area contributed by atoms with Crippen LogP contribution < -0.4 is 0 Å². The van der Waals surface area contributed by atoms with Crippen LogP contribution in [0.25, 0.3) is 0 Å². The minimum atomic E-state index is -0.798. The molecule has 0 radical (unpaired) electrons. The Morgan fingerprint density at radius 2 is 2.00 bits per heavy atom. The van der Waals surface area contributed by atoms with E-state index in [1.807, 2.05) is 0 Å². The van der Waals surface area contributed by atoms with Gasteiger partial charge in [0.05, 0.1) is 6.20 Å². The van der Waals surface area contributed by atoms with E-state index in [1.165, 1.54) is 23.9 Å². The average Bonchev–Trinajstić information content (AvgIpc) is 2.65. The van der Waals surface area contributed by atoms with Crippen LogP contribution in [0.5, 0.6) is 0 Å². The summed E-state index contributed by atoms with van der Waals surface area (Å²) in [6, 6.07) is 0. The van der Waals surface area contributed by atoms with Gasteiger partial charge in [-0.2, -0.15) is 0 Å². The van der Waals surface area contributed by atoms with Gasteiger partial charge in [0, 0.05) is 18.0 Å². The topological polar surface area (TPSA) is 58.9 Å². The van der Waals surface area contributed by atoms with E-state index in [0.717, 1.165) is 0 Å². The van der Waals surface area contributed by atoms with Gasteiger partial charge in [-0.1, -0.05) is 11.6 Å². The van der Waals surface area contributed by atoms with Crippen molar-refractivity contribution in [2.45, 2.75) is 6.10 Å². The Hall–Kier alpha value is -1.04. The molecule has 0 aromatic carbocycles. The fourth-order valence-electron chi connectivity index (χ4n) is 0.988. The predicted octanol–water partition coefficient (Wildman–Crippen LogP) is 1.67. The smallest absolute Gasteiger partial charge is 0.134 e. The van der Waals surface area contributed by atoms with Crippen molar-refractivity contribution in [1.29, 1.82) is 0 Å². The Kier molecular flexibility index (Phi) is 2.72. The summed E-state index contributed by atoms with van der Waals surface area (Å²) >= 11 is 6.95. The predicted molar refractivity (Wildman–Crippen MR) is 53.2 cm³/mol. The second-order valence-electron chi connectivity index (χ2n) is 2.58. The molecule has 2 aromatic heterocycles. The zero-order chi connectivity index (χ0) is 9.97. The highest BCUT2D eigenvalue weighted by Crippen LogP contribution is 2.27. The van der Waals surface area contributed by atoms with Crippen molar-refractivity contribution in [1.82, 2.24) is 15.0 Å². The number of rotatable bonds is 2. The van der Waals surface area contributed by atoms with Gasteiger partial charge in [0.2, 0.25) is 0 Å². The summed E-state index contributed by atoms with van der Waals surface area (Å²) in [5.41, 5.74) is 0.610. The van der Waals surface area contributed by atoms with Crippen molar-refractivity contribution in [3.05, 3.63) is 39.8 Å². The summed E-state index contributed by atoms with van der Waals surface area (Å²) in [7, 11) is 0. The first-order valence-electron chi connectivity index (χ1n) is 3.81. The van der Waals surface area contributed by atoms with Crippen LogP contribution in [0, 0.1) is 0 Å². The molecule has 0 saturated carbocycles. The summed E-state index contributed by atoms with van der Waals surface area (Å²) in [6.45, 7) is 0. The number of aliphatic hydroxyl groups excluding tert-OH is 1. The first kappa shape index (κ1) is 9.51. The van der Waals surface area contributed by atoms with Gasteiger partial charge in [0.25, 0.3) is 0 Å². The standard InChI is InChI=1S/C8H6ClN3OS/c9-6-3-12-8(14-6)7(13)5-1-10-4-11-2-5/h1-4,7,13H. The minimum absolute atomic E-state index is 0.546. The quantitative estimate of drug-likeness (QED) is 0.848. The third-order valence-corrected chi connectivity index (χ3v) is 2.79. The Labute approximate surface area is 89.3 Å². The molecule has 14 heavy (non-hydrogen) atoms. The molecule has 6 heteroatoms. The summed E-state index contributed by atoms with van der Waals surface area (Å²) in [4.78, 5) is 11.6. The number of hydrogen-bond donors (Lipinski definition) is 1. The van der Waals surface area contributed by atoms with Crippen LogP contribution in [0.4, 0.5) is 0 Å². The Bertz CT molecular complexity index is 420. The van der Waals surface area contributed by atoms with E-state index in [1.54, 1.807) is 12.4 Å². The summed E-state index contributed by atoms with van der Waals surface area (Å²) in [5.74, 6) is 0. The maximum atomic E-state index is 9.81. The molecule has 2 heterocycles. The van der Waals surface area contributed by atoms with Crippen molar-refractivity contribution >= 4 is 22.9 Å². The zero-order valence-corrected chi connectivity index (χ0v) is 8.53. The first-order chi connectivity index (χ1) is 6.77. The van der Waals surface area contributed by atoms with E-state index in [2.05, 4.69) is 15.0 Å². The van der Waals surface area contributed by atoms with E-state index in [-0.39, 0.29) is 0 Å². The lowest BCUT2D eigenvalue weighted by Crippen LogP contribution is -1.99. The maximum absolute atomic E-state index is 9.81. The monoisotopic (exact) mass is 227 g/mol. The maximum Gasteiger partial charge on any atom is 0.134 e. The summed E-state index contributed by atoms with van der Waals surface area (Å²) < 4.78 is 0.552.